The van der Waals surface area contributed by atoms with E-state index >= 15 is 0 Å². The third-order valence-corrected chi connectivity index (χ3v) is 6.53. The smallest absolute Gasteiger partial charge is 0.250 e. The lowest BCUT2D eigenvalue weighted by Crippen LogP contribution is -2.46. The van der Waals surface area contributed by atoms with Gasteiger partial charge < -0.3 is 10.0 Å². The average Bonchev–Trinajstić information content (AvgIpc) is 2.95. The van der Waals surface area contributed by atoms with Crippen molar-refractivity contribution in [2.75, 3.05) is 19.6 Å². The minimum Gasteiger partial charge on any atom is -0.392 e. The molecule has 5 nitrogen and oxygen atoms in total. The Balaban J connectivity index is 1.83. The van der Waals surface area contributed by atoms with Crippen LogP contribution in [0.2, 0.25) is 0 Å². The molecular formula is C13H22N2O3S2. The van der Waals surface area contributed by atoms with E-state index in [4.69, 9.17) is 0 Å². The molecule has 0 bridgehead atoms. The van der Waals surface area contributed by atoms with Crippen LogP contribution >= 0.6 is 11.3 Å². The van der Waals surface area contributed by atoms with Crippen molar-refractivity contribution in [3.8, 4) is 0 Å². The summed E-state index contributed by atoms with van der Waals surface area (Å²) >= 11 is 1.24. The Kier molecular flexibility index (Phi) is 5.57. The van der Waals surface area contributed by atoms with Gasteiger partial charge in [0.15, 0.2) is 0 Å². The van der Waals surface area contributed by atoms with Crippen LogP contribution in [-0.4, -0.2) is 50.2 Å². The summed E-state index contributed by atoms with van der Waals surface area (Å²) in [6.07, 6.45) is 2.06. The number of aliphatic hydroxyl groups excluding tert-OH is 1. The zero-order valence-corrected chi connectivity index (χ0v) is 13.3. The molecule has 7 heteroatoms. The van der Waals surface area contributed by atoms with Crippen LogP contribution in [0.25, 0.3) is 0 Å². The maximum Gasteiger partial charge on any atom is 0.250 e. The van der Waals surface area contributed by atoms with E-state index in [0.717, 1.165) is 32.4 Å². The van der Waals surface area contributed by atoms with Gasteiger partial charge in [0.1, 0.15) is 4.21 Å². The lowest BCUT2D eigenvalue weighted by atomic mass is 10.1. The molecule has 2 rings (SSSR count). The number of hydrogen-bond acceptors (Lipinski definition) is 5. The highest BCUT2D eigenvalue weighted by Gasteiger charge is 2.25. The maximum atomic E-state index is 12.1. The summed E-state index contributed by atoms with van der Waals surface area (Å²) in [6, 6.07) is 3.37. The second kappa shape index (κ2) is 7.00. The molecule has 20 heavy (non-hydrogen) atoms. The van der Waals surface area contributed by atoms with Crippen molar-refractivity contribution >= 4 is 21.4 Å². The van der Waals surface area contributed by atoms with Crippen molar-refractivity contribution in [1.82, 2.24) is 9.62 Å². The van der Waals surface area contributed by atoms with Gasteiger partial charge in [0.05, 0.1) is 6.10 Å². The van der Waals surface area contributed by atoms with Crippen molar-refractivity contribution in [2.24, 2.45) is 0 Å². The van der Waals surface area contributed by atoms with Crippen molar-refractivity contribution in [2.45, 2.75) is 42.5 Å². The molecular weight excluding hydrogens is 296 g/mol. The molecule has 0 saturated carbocycles. The summed E-state index contributed by atoms with van der Waals surface area (Å²) in [4.78, 5) is 2.20. The van der Waals surface area contributed by atoms with Crippen molar-refractivity contribution < 1.29 is 13.5 Å². The van der Waals surface area contributed by atoms with Crippen LogP contribution in [0.5, 0.6) is 0 Å². The van der Waals surface area contributed by atoms with Crippen molar-refractivity contribution in [3.05, 3.63) is 17.5 Å². The Hall–Kier alpha value is -0.470. The first kappa shape index (κ1) is 15.9. The normalized spacial score (nSPS) is 20.1. The van der Waals surface area contributed by atoms with E-state index in [1.165, 1.54) is 11.3 Å². The number of sulfonamides is 1. The first-order valence-electron chi connectivity index (χ1n) is 6.97. The maximum absolute atomic E-state index is 12.1. The molecule has 0 radical (unpaired) electrons. The zero-order chi connectivity index (χ0) is 14.6. The summed E-state index contributed by atoms with van der Waals surface area (Å²) in [5.74, 6) is 0. The largest absolute Gasteiger partial charge is 0.392 e. The Morgan fingerprint density at radius 2 is 2.20 bits per heavy atom. The van der Waals surface area contributed by atoms with Gasteiger partial charge in [0, 0.05) is 12.6 Å². The summed E-state index contributed by atoms with van der Waals surface area (Å²) < 4.78 is 27.4. The Morgan fingerprint density at radius 3 is 2.75 bits per heavy atom. The van der Waals surface area contributed by atoms with Crippen molar-refractivity contribution in [1.29, 1.82) is 0 Å². The molecule has 0 aromatic carbocycles. The first-order chi connectivity index (χ1) is 9.51. The molecule has 1 aliphatic heterocycles. The van der Waals surface area contributed by atoms with E-state index in [2.05, 4.69) is 9.62 Å². The summed E-state index contributed by atoms with van der Waals surface area (Å²) in [5.41, 5.74) is 0. The van der Waals surface area contributed by atoms with Gasteiger partial charge in [-0.2, -0.15) is 0 Å². The molecule has 0 aliphatic carbocycles. The molecule has 1 aliphatic rings. The molecule has 2 heterocycles. The topological polar surface area (TPSA) is 69.6 Å². The summed E-state index contributed by atoms with van der Waals surface area (Å²) in [7, 11) is -3.36. The highest BCUT2D eigenvalue weighted by atomic mass is 32.2. The standard InChI is InChI=1S/C13H22N2O3S2/c1-2-12(16)10-15-7-5-11(6-8-15)14-20(17,18)13-4-3-9-19-13/h3-4,9,11-12,14,16H,2,5-8,10H2,1H3. The van der Waals surface area contributed by atoms with Crippen LogP contribution < -0.4 is 4.72 Å². The van der Waals surface area contributed by atoms with E-state index in [0.29, 0.717) is 10.8 Å². The number of rotatable bonds is 6. The zero-order valence-electron chi connectivity index (χ0n) is 11.7. The molecule has 1 atom stereocenters. The highest BCUT2D eigenvalue weighted by molar-refractivity contribution is 7.91. The van der Waals surface area contributed by atoms with Gasteiger partial charge in [0.25, 0.3) is 0 Å². The van der Waals surface area contributed by atoms with Crippen LogP contribution in [0.4, 0.5) is 0 Å². The number of β-amino-alcohol motifs (C(OH)–C–C–N with tert-alkyl or cyclic N) is 1. The lowest BCUT2D eigenvalue weighted by Gasteiger charge is -2.33. The molecule has 1 aromatic heterocycles. The molecule has 1 saturated heterocycles. The quantitative estimate of drug-likeness (QED) is 0.828. The Morgan fingerprint density at radius 1 is 1.50 bits per heavy atom. The predicted octanol–water partition coefficient (Wildman–Crippen LogP) is 1.26. The summed E-state index contributed by atoms with van der Waals surface area (Å²) in [6.45, 7) is 4.30. The van der Waals surface area contributed by atoms with E-state index in [9.17, 15) is 13.5 Å². The monoisotopic (exact) mass is 318 g/mol. The highest BCUT2D eigenvalue weighted by Crippen LogP contribution is 2.18. The van der Waals surface area contributed by atoms with Crippen molar-refractivity contribution in [3.63, 3.8) is 0 Å². The molecule has 1 fully saturated rings. The first-order valence-corrected chi connectivity index (χ1v) is 9.34. The molecule has 0 amide bonds. The number of piperidine rings is 1. The van der Waals surface area contributed by atoms with E-state index in [-0.39, 0.29) is 12.1 Å². The van der Waals surface area contributed by atoms with Crippen LogP contribution in [0, 0.1) is 0 Å². The van der Waals surface area contributed by atoms with Crippen LogP contribution in [0.1, 0.15) is 26.2 Å². The van der Waals surface area contributed by atoms with E-state index in [1.807, 2.05) is 6.92 Å². The number of hydrogen-bond donors (Lipinski definition) is 2. The number of likely N-dealkylation sites (tertiary alicyclic amines) is 1. The molecule has 114 valence electrons. The number of thiophene rings is 1. The molecule has 2 N–H and O–H groups in total. The molecule has 1 unspecified atom stereocenters. The van der Waals surface area contributed by atoms with Gasteiger partial charge in [-0.05, 0) is 43.8 Å². The summed E-state index contributed by atoms with van der Waals surface area (Å²) in [5, 5.41) is 11.4. The fraction of sp³-hybridized carbons (Fsp3) is 0.692. The van der Waals surface area contributed by atoms with Gasteiger partial charge in [-0.15, -0.1) is 11.3 Å². The molecule has 1 aromatic rings. The minimum atomic E-state index is -3.36. The van der Waals surface area contributed by atoms with E-state index in [1.54, 1.807) is 17.5 Å². The van der Waals surface area contributed by atoms with Gasteiger partial charge in [-0.25, -0.2) is 13.1 Å². The Labute approximate surface area is 124 Å². The number of nitrogens with zero attached hydrogens (tertiary/aromatic N) is 1. The van der Waals surface area contributed by atoms with Crippen LogP contribution in [0.3, 0.4) is 0 Å². The molecule has 0 spiro atoms. The predicted molar refractivity (Wildman–Crippen MR) is 80.4 cm³/mol. The van der Waals surface area contributed by atoms with Gasteiger partial charge in [-0.1, -0.05) is 13.0 Å². The van der Waals surface area contributed by atoms with Crippen LogP contribution in [0.15, 0.2) is 21.7 Å². The lowest BCUT2D eigenvalue weighted by molar-refractivity contribution is 0.0935. The fourth-order valence-electron chi connectivity index (χ4n) is 2.35. The minimum absolute atomic E-state index is 0.00267. The van der Waals surface area contributed by atoms with E-state index < -0.39 is 10.0 Å². The third kappa shape index (κ3) is 4.26. The number of nitrogens with one attached hydrogen (secondary N) is 1. The average molecular weight is 318 g/mol. The number of aliphatic hydroxyl groups is 1. The fourth-order valence-corrected chi connectivity index (χ4v) is 4.67. The van der Waals surface area contributed by atoms with Crippen LogP contribution in [-0.2, 0) is 10.0 Å². The second-order valence-electron chi connectivity index (χ2n) is 5.19. The second-order valence-corrected chi connectivity index (χ2v) is 8.08. The third-order valence-electron chi connectivity index (χ3n) is 3.61. The Bertz CT molecular complexity index is 494. The van der Waals surface area contributed by atoms with Gasteiger partial charge in [-0.3, -0.25) is 0 Å². The van der Waals surface area contributed by atoms with Gasteiger partial charge in [0.2, 0.25) is 10.0 Å². The SMILES string of the molecule is CCC(O)CN1CCC(NS(=O)(=O)c2cccs2)CC1. The van der Waals surface area contributed by atoms with Gasteiger partial charge >= 0.3 is 0 Å².